The normalized spacial score (nSPS) is 20.1. The van der Waals surface area contributed by atoms with E-state index in [4.69, 9.17) is 5.73 Å². The Morgan fingerprint density at radius 1 is 1.56 bits per heavy atom. The molecule has 0 saturated carbocycles. The van der Waals surface area contributed by atoms with Crippen LogP contribution in [-0.4, -0.2) is 37.0 Å². The quantitative estimate of drug-likeness (QED) is 0.775. The van der Waals surface area contributed by atoms with Crippen molar-refractivity contribution in [2.24, 2.45) is 0 Å². The number of amides is 1. The second-order valence-electron chi connectivity index (χ2n) is 4.92. The molecule has 98 valence electrons. The average molecular weight is 251 g/mol. The van der Waals surface area contributed by atoms with E-state index in [1.807, 2.05) is 7.05 Å². The van der Waals surface area contributed by atoms with Gasteiger partial charge in [0.15, 0.2) is 0 Å². The second kappa shape index (κ2) is 4.94. The maximum atomic E-state index is 13.9. The lowest BCUT2D eigenvalue weighted by molar-refractivity contribution is 0.0934. The van der Waals surface area contributed by atoms with Crippen molar-refractivity contribution in [3.05, 3.63) is 29.1 Å². The van der Waals surface area contributed by atoms with E-state index >= 15 is 0 Å². The number of rotatable bonds is 2. The van der Waals surface area contributed by atoms with Gasteiger partial charge in [0.1, 0.15) is 5.82 Å². The summed E-state index contributed by atoms with van der Waals surface area (Å²) in [6, 6.07) is 3.00. The van der Waals surface area contributed by atoms with Crippen molar-refractivity contribution in [2.45, 2.75) is 19.4 Å². The topological polar surface area (TPSA) is 58.4 Å². The lowest BCUT2D eigenvalue weighted by Crippen LogP contribution is -2.37. The van der Waals surface area contributed by atoms with Gasteiger partial charge in [-0.3, -0.25) is 4.79 Å². The summed E-state index contributed by atoms with van der Waals surface area (Å²) in [7, 11) is 2.00. The molecule has 5 heteroatoms. The summed E-state index contributed by atoms with van der Waals surface area (Å²) in [5, 5.41) is 2.84. The molecule has 1 aliphatic rings. The number of anilines is 1. The molecule has 1 amide bonds. The van der Waals surface area contributed by atoms with Crippen molar-refractivity contribution in [1.82, 2.24) is 10.2 Å². The molecule has 1 aromatic rings. The number of benzene rings is 1. The monoisotopic (exact) mass is 251 g/mol. The van der Waals surface area contributed by atoms with Crippen LogP contribution in [0.4, 0.5) is 10.1 Å². The van der Waals surface area contributed by atoms with Gasteiger partial charge in [0.25, 0.3) is 5.91 Å². The third-order valence-electron chi connectivity index (χ3n) is 3.25. The van der Waals surface area contributed by atoms with Crippen LogP contribution in [0.5, 0.6) is 0 Å². The molecular formula is C13H18FN3O. The van der Waals surface area contributed by atoms with E-state index in [-0.39, 0.29) is 17.5 Å². The minimum atomic E-state index is -0.493. The Labute approximate surface area is 106 Å². The van der Waals surface area contributed by atoms with E-state index in [1.54, 1.807) is 6.92 Å². The van der Waals surface area contributed by atoms with Crippen LogP contribution in [0.25, 0.3) is 0 Å². The highest BCUT2D eigenvalue weighted by atomic mass is 19.1. The molecule has 1 heterocycles. The fourth-order valence-electron chi connectivity index (χ4n) is 2.28. The summed E-state index contributed by atoms with van der Waals surface area (Å²) < 4.78 is 13.9. The van der Waals surface area contributed by atoms with E-state index in [0.717, 1.165) is 19.5 Å². The van der Waals surface area contributed by atoms with E-state index in [9.17, 15) is 9.18 Å². The number of nitrogens with one attached hydrogen (secondary N) is 1. The van der Waals surface area contributed by atoms with Crippen molar-refractivity contribution in [3.63, 3.8) is 0 Å². The first-order valence-corrected chi connectivity index (χ1v) is 6.02. The minimum absolute atomic E-state index is 0.0297. The summed E-state index contributed by atoms with van der Waals surface area (Å²) in [5.41, 5.74) is 6.47. The SMILES string of the molecule is Cc1cc(N)cc(C(=O)NC2CCN(C)C2)c1F. The lowest BCUT2D eigenvalue weighted by Gasteiger charge is -2.14. The lowest BCUT2D eigenvalue weighted by atomic mass is 10.1. The van der Waals surface area contributed by atoms with Crippen LogP contribution in [0, 0.1) is 12.7 Å². The molecule has 0 radical (unpaired) electrons. The van der Waals surface area contributed by atoms with Gasteiger partial charge in [-0.25, -0.2) is 4.39 Å². The molecule has 1 saturated heterocycles. The zero-order chi connectivity index (χ0) is 13.3. The third-order valence-corrected chi connectivity index (χ3v) is 3.25. The second-order valence-corrected chi connectivity index (χ2v) is 4.92. The van der Waals surface area contributed by atoms with Gasteiger partial charge >= 0.3 is 0 Å². The number of carbonyl (C=O) groups excluding carboxylic acids is 1. The summed E-state index contributed by atoms with van der Waals surface area (Å²) in [6.45, 7) is 3.35. The Morgan fingerprint density at radius 3 is 2.89 bits per heavy atom. The van der Waals surface area contributed by atoms with E-state index < -0.39 is 5.82 Å². The van der Waals surface area contributed by atoms with Gasteiger partial charge in [-0.1, -0.05) is 0 Å². The fourth-order valence-corrected chi connectivity index (χ4v) is 2.28. The minimum Gasteiger partial charge on any atom is -0.399 e. The van der Waals surface area contributed by atoms with Crippen LogP contribution in [0.2, 0.25) is 0 Å². The predicted octanol–water partition coefficient (Wildman–Crippen LogP) is 1.15. The molecular weight excluding hydrogens is 233 g/mol. The molecule has 1 unspecified atom stereocenters. The zero-order valence-corrected chi connectivity index (χ0v) is 10.7. The summed E-state index contributed by atoms with van der Waals surface area (Å²) >= 11 is 0. The van der Waals surface area contributed by atoms with Gasteiger partial charge in [0.2, 0.25) is 0 Å². The van der Waals surface area contributed by atoms with Crippen LogP contribution < -0.4 is 11.1 Å². The fraction of sp³-hybridized carbons (Fsp3) is 0.462. The number of hydrogen-bond acceptors (Lipinski definition) is 3. The summed E-state index contributed by atoms with van der Waals surface area (Å²) in [4.78, 5) is 14.1. The zero-order valence-electron chi connectivity index (χ0n) is 10.7. The van der Waals surface area contributed by atoms with Crippen LogP contribution in [0.3, 0.4) is 0 Å². The Balaban J connectivity index is 2.14. The largest absolute Gasteiger partial charge is 0.399 e. The van der Waals surface area contributed by atoms with Gasteiger partial charge in [0, 0.05) is 18.3 Å². The van der Waals surface area contributed by atoms with Gasteiger partial charge in [-0.2, -0.15) is 0 Å². The number of nitrogens with zero attached hydrogens (tertiary/aromatic N) is 1. The van der Waals surface area contributed by atoms with Crippen molar-refractivity contribution in [1.29, 1.82) is 0 Å². The molecule has 3 N–H and O–H groups in total. The average Bonchev–Trinajstić information content (AvgIpc) is 2.69. The molecule has 2 rings (SSSR count). The van der Waals surface area contributed by atoms with E-state index in [0.29, 0.717) is 11.3 Å². The van der Waals surface area contributed by atoms with E-state index in [1.165, 1.54) is 12.1 Å². The number of hydrogen-bond donors (Lipinski definition) is 2. The maximum absolute atomic E-state index is 13.9. The molecule has 0 aromatic heterocycles. The van der Waals surface area contributed by atoms with Crippen LogP contribution in [0.1, 0.15) is 22.3 Å². The first-order chi connectivity index (χ1) is 8.47. The van der Waals surface area contributed by atoms with Crippen LogP contribution >= 0.6 is 0 Å². The number of likely N-dealkylation sites (tertiary alicyclic amines) is 1. The Bertz CT molecular complexity index is 476. The predicted molar refractivity (Wildman–Crippen MR) is 68.9 cm³/mol. The van der Waals surface area contributed by atoms with Gasteiger partial charge in [0.05, 0.1) is 5.56 Å². The van der Waals surface area contributed by atoms with Crippen LogP contribution in [-0.2, 0) is 0 Å². The van der Waals surface area contributed by atoms with Gasteiger partial charge < -0.3 is 16.0 Å². The molecule has 1 aromatic carbocycles. The highest BCUT2D eigenvalue weighted by Gasteiger charge is 2.23. The molecule has 1 aliphatic heterocycles. The van der Waals surface area contributed by atoms with Crippen molar-refractivity contribution >= 4 is 11.6 Å². The highest BCUT2D eigenvalue weighted by molar-refractivity contribution is 5.95. The molecule has 0 spiro atoms. The first kappa shape index (κ1) is 12.8. The molecule has 1 atom stereocenters. The number of likely N-dealkylation sites (N-methyl/N-ethyl adjacent to an activating group) is 1. The molecule has 0 bridgehead atoms. The molecule has 1 fully saturated rings. The van der Waals surface area contributed by atoms with Crippen molar-refractivity contribution < 1.29 is 9.18 Å². The smallest absolute Gasteiger partial charge is 0.254 e. The van der Waals surface area contributed by atoms with Crippen molar-refractivity contribution in [3.8, 4) is 0 Å². The molecule has 0 aliphatic carbocycles. The van der Waals surface area contributed by atoms with Crippen LogP contribution in [0.15, 0.2) is 12.1 Å². The number of nitrogen functional groups attached to an aromatic ring is 1. The highest BCUT2D eigenvalue weighted by Crippen LogP contribution is 2.17. The third kappa shape index (κ3) is 2.61. The number of nitrogens with two attached hydrogens (primary N) is 1. The maximum Gasteiger partial charge on any atom is 0.254 e. The standard InChI is InChI=1S/C13H18FN3O/c1-8-5-9(15)6-11(12(8)14)13(18)16-10-3-4-17(2)7-10/h5-6,10H,3-4,7,15H2,1-2H3,(H,16,18). The summed E-state index contributed by atoms with van der Waals surface area (Å²) in [5.74, 6) is -0.878. The first-order valence-electron chi connectivity index (χ1n) is 6.02. The molecule has 4 nitrogen and oxygen atoms in total. The van der Waals surface area contributed by atoms with Crippen molar-refractivity contribution in [2.75, 3.05) is 25.9 Å². The Hall–Kier alpha value is -1.62. The number of aryl methyl sites for hydroxylation is 1. The van der Waals surface area contributed by atoms with Gasteiger partial charge in [-0.15, -0.1) is 0 Å². The Kier molecular flexibility index (Phi) is 3.52. The number of carbonyl (C=O) groups is 1. The Morgan fingerprint density at radius 2 is 2.28 bits per heavy atom. The molecule has 18 heavy (non-hydrogen) atoms. The van der Waals surface area contributed by atoms with E-state index in [2.05, 4.69) is 10.2 Å². The number of halogens is 1. The summed E-state index contributed by atoms with van der Waals surface area (Å²) in [6.07, 6.45) is 0.894. The van der Waals surface area contributed by atoms with Gasteiger partial charge in [-0.05, 0) is 44.6 Å².